The van der Waals surface area contributed by atoms with E-state index in [-0.39, 0.29) is 6.04 Å². The summed E-state index contributed by atoms with van der Waals surface area (Å²) in [6.45, 7) is 6.39. The molecule has 5 rings (SSSR count). The minimum Gasteiger partial charge on any atom is -0.372 e. The number of halogens is 1. The molecule has 1 unspecified atom stereocenters. The van der Waals surface area contributed by atoms with Gasteiger partial charge in [-0.1, -0.05) is 65.9 Å². The molecule has 1 heterocycles. The maximum Gasteiger partial charge on any atom is 0.0831 e. The van der Waals surface area contributed by atoms with Crippen LogP contribution in [0.4, 0.5) is 11.4 Å². The first-order chi connectivity index (χ1) is 18.1. The third-order valence-corrected chi connectivity index (χ3v) is 7.00. The summed E-state index contributed by atoms with van der Waals surface area (Å²) < 4.78 is 0. The van der Waals surface area contributed by atoms with Crippen LogP contribution in [0.15, 0.2) is 108 Å². The molecule has 0 aliphatic carbocycles. The smallest absolute Gasteiger partial charge is 0.0831 e. The summed E-state index contributed by atoms with van der Waals surface area (Å²) in [6.07, 6.45) is 0.843. The highest BCUT2D eigenvalue weighted by molar-refractivity contribution is 6.30. The average Bonchev–Trinajstić information content (AvgIpc) is 3.40. The molecule has 0 N–H and O–H groups in total. The Morgan fingerprint density at radius 3 is 1.97 bits per heavy atom. The number of benzene rings is 4. The number of para-hydroxylation sites is 1. The monoisotopic (exact) mass is 503 g/mol. The molecule has 1 aliphatic heterocycles. The maximum atomic E-state index is 5.97. The Kier molecular flexibility index (Phi) is 7.59. The van der Waals surface area contributed by atoms with Crippen molar-refractivity contribution in [3.05, 3.63) is 130 Å². The van der Waals surface area contributed by atoms with E-state index in [0.717, 1.165) is 52.6 Å². The highest BCUT2D eigenvalue weighted by Crippen LogP contribution is 2.37. The molecule has 1 aliphatic rings. The molecule has 0 aromatic heterocycles. The van der Waals surface area contributed by atoms with E-state index in [9.17, 15) is 0 Å². The van der Waals surface area contributed by atoms with E-state index in [1.165, 1.54) is 11.3 Å². The van der Waals surface area contributed by atoms with Gasteiger partial charge < -0.3 is 4.90 Å². The zero-order valence-electron chi connectivity index (χ0n) is 21.2. The molecule has 37 heavy (non-hydrogen) atoms. The standard InChI is InChI=1S/C33H30ClN3/c1-3-36(4-2)30-22-18-28(19-23-30)33-24-32(35-37(33)31-8-6-5-7-9-31)27-16-12-25(13-17-27)10-11-26-14-20-29(34)21-15-26/h5-9,12-23,33H,3-4,24H2,1-2H3. The van der Waals surface area contributed by atoms with Gasteiger partial charge >= 0.3 is 0 Å². The molecular formula is C33H30ClN3. The number of hydrogen-bond donors (Lipinski definition) is 0. The van der Waals surface area contributed by atoms with Crippen LogP contribution in [0.25, 0.3) is 0 Å². The van der Waals surface area contributed by atoms with Crippen LogP contribution in [-0.2, 0) is 0 Å². The van der Waals surface area contributed by atoms with Crippen molar-refractivity contribution in [2.24, 2.45) is 5.10 Å². The van der Waals surface area contributed by atoms with Crippen molar-refractivity contribution in [2.75, 3.05) is 23.0 Å². The van der Waals surface area contributed by atoms with Gasteiger partial charge in [0.1, 0.15) is 0 Å². The van der Waals surface area contributed by atoms with E-state index in [1.807, 2.05) is 30.3 Å². The summed E-state index contributed by atoms with van der Waals surface area (Å²) in [5.74, 6) is 6.45. The molecule has 1 atom stereocenters. The summed E-state index contributed by atoms with van der Waals surface area (Å²) >= 11 is 5.97. The van der Waals surface area contributed by atoms with Crippen LogP contribution in [0, 0.1) is 11.8 Å². The topological polar surface area (TPSA) is 18.8 Å². The summed E-state index contributed by atoms with van der Waals surface area (Å²) in [5.41, 5.74) is 7.75. The van der Waals surface area contributed by atoms with Gasteiger partial charge in [-0.15, -0.1) is 0 Å². The van der Waals surface area contributed by atoms with Gasteiger partial charge in [-0.25, -0.2) is 0 Å². The summed E-state index contributed by atoms with van der Waals surface area (Å²) in [5, 5.41) is 7.98. The van der Waals surface area contributed by atoms with E-state index in [2.05, 4.69) is 108 Å². The van der Waals surface area contributed by atoms with Gasteiger partial charge in [-0.2, -0.15) is 5.10 Å². The second kappa shape index (κ2) is 11.4. The lowest BCUT2D eigenvalue weighted by molar-refractivity contribution is 0.708. The van der Waals surface area contributed by atoms with Crippen molar-refractivity contribution >= 4 is 28.7 Å². The second-order valence-electron chi connectivity index (χ2n) is 9.04. The van der Waals surface area contributed by atoms with E-state index in [4.69, 9.17) is 16.7 Å². The lowest BCUT2D eigenvalue weighted by Crippen LogP contribution is -2.22. The first-order valence-corrected chi connectivity index (χ1v) is 13.2. The van der Waals surface area contributed by atoms with Crippen molar-refractivity contribution in [3.8, 4) is 11.8 Å². The second-order valence-corrected chi connectivity index (χ2v) is 9.48. The third-order valence-electron chi connectivity index (χ3n) is 6.75. The van der Waals surface area contributed by atoms with Crippen molar-refractivity contribution in [2.45, 2.75) is 26.3 Å². The molecule has 0 saturated carbocycles. The Morgan fingerprint density at radius 2 is 1.38 bits per heavy atom. The summed E-state index contributed by atoms with van der Waals surface area (Å²) in [4.78, 5) is 2.37. The Balaban J connectivity index is 1.39. The number of rotatable bonds is 6. The molecule has 3 nitrogen and oxygen atoms in total. The van der Waals surface area contributed by atoms with Crippen LogP contribution in [0.5, 0.6) is 0 Å². The third kappa shape index (κ3) is 5.71. The quantitative estimate of drug-likeness (QED) is 0.249. The highest BCUT2D eigenvalue weighted by Gasteiger charge is 2.30. The fraction of sp³-hybridized carbons (Fsp3) is 0.182. The molecule has 4 aromatic rings. The Labute approximate surface area is 225 Å². The molecule has 4 heteroatoms. The largest absolute Gasteiger partial charge is 0.372 e. The predicted molar refractivity (Wildman–Crippen MR) is 157 cm³/mol. The zero-order chi connectivity index (χ0) is 25.6. The minimum absolute atomic E-state index is 0.146. The van der Waals surface area contributed by atoms with E-state index >= 15 is 0 Å². The SMILES string of the molecule is CCN(CC)c1ccc(C2CC(c3ccc(C#Cc4ccc(Cl)cc4)cc3)=NN2c2ccccc2)cc1. The first-order valence-electron chi connectivity index (χ1n) is 12.8. The number of anilines is 2. The molecule has 4 aromatic carbocycles. The Morgan fingerprint density at radius 1 is 0.784 bits per heavy atom. The zero-order valence-corrected chi connectivity index (χ0v) is 22.0. The van der Waals surface area contributed by atoms with Crippen LogP contribution in [0.1, 0.15) is 48.6 Å². The van der Waals surface area contributed by atoms with Crippen LogP contribution < -0.4 is 9.91 Å². The number of nitrogens with zero attached hydrogens (tertiary/aromatic N) is 3. The van der Waals surface area contributed by atoms with Gasteiger partial charge in [-0.05, 0) is 85.6 Å². The molecule has 0 fully saturated rings. The van der Waals surface area contributed by atoms with Crippen LogP contribution in [0.2, 0.25) is 5.02 Å². The lowest BCUT2D eigenvalue weighted by Gasteiger charge is -2.25. The summed E-state index contributed by atoms with van der Waals surface area (Å²) in [6, 6.07) is 35.5. The summed E-state index contributed by atoms with van der Waals surface area (Å²) in [7, 11) is 0. The van der Waals surface area contributed by atoms with Gasteiger partial charge in [0.15, 0.2) is 0 Å². The average molecular weight is 504 g/mol. The fourth-order valence-electron chi connectivity index (χ4n) is 4.68. The fourth-order valence-corrected chi connectivity index (χ4v) is 4.81. The van der Waals surface area contributed by atoms with Crippen LogP contribution >= 0.6 is 11.6 Å². The minimum atomic E-state index is 0.146. The molecule has 0 bridgehead atoms. The molecule has 0 saturated heterocycles. The maximum absolute atomic E-state index is 5.97. The van der Waals surface area contributed by atoms with Crippen molar-refractivity contribution in [1.82, 2.24) is 0 Å². The Bertz CT molecular complexity index is 1410. The Hall–Kier alpha value is -4.00. The number of hydrazone groups is 1. The van der Waals surface area contributed by atoms with E-state index in [1.54, 1.807) is 0 Å². The molecule has 0 radical (unpaired) electrons. The highest BCUT2D eigenvalue weighted by atomic mass is 35.5. The van der Waals surface area contributed by atoms with Crippen LogP contribution in [0.3, 0.4) is 0 Å². The van der Waals surface area contributed by atoms with Gasteiger partial charge in [0.25, 0.3) is 0 Å². The van der Waals surface area contributed by atoms with Gasteiger partial charge in [0, 0.05) is 41.3 Å². The van der Waals surface area contributed by atoms with Crippen molar-refractivity contribution in [1.29, 1.82) is 0 Å². The van der Waals surface area contributed by atoms with E-state index < -0.39 is 0 Å². The molecular weight excluding hydrogens is 474 g/mol. The number of hydrogen-bond acceptors (Lipinski definition) is 3. The first kappa shape index (κ1) is 24.7. The normalized spacial score (nSPS) is 14.6. The van der Waals surface area contributed by atoms with Gasteiger partial charge in [0.2, 0.25) is 0 Å². The predicted octanol–water partition coefficient (Wildman–Crippen LogP) is 7.94. The van der Waals surface area contributed by atoms with E-state index in [0.29, 0.717) is 0 Å². The molecule has 0 spiro atoms. The lowest BCUT2D eigenvalue weighted by atomic mass is 9.97. The van der Waals surface area contributed by atoms with Crippen molar-refractivity contribution in [3.63, 3.8) is 0 Å². The van der Waals surface area contributed by atoms with Gasteiger partial charge in [0.05, 0.1) is 17.4 Å². The van der Waals surface area contributed by atoms with Gasteiger partial charge in [-0.3, -0.25) is 5.01 Å². The molecule has 0 amide bonds. The van der Waals surface area contributed by atoms with Crippen molar-refractivity contribution < 1.29 is 0 Å². The van der Waals surface area contributed by atoms with Crippen LogP contribution in [-0.4, -0.2) is 18.8 Å². The molecule has 184 valence electrons.